The predicted octanol–water partition coefficient (Wildman–Crippen LogP) is 3.43. The first-order valence-corrected chi connectivity index (χ1v) is 8.20. The number of carbonyl (C=O) groups is 1. The van der Waals surface area contributed by atoms with Crippen LogP contribution < -0.4 is 9.47 Å². The standard InChI is InChI=1S/C18H27NO3/c1-4-19(15-8-6-5-7-9-15)18(20)13-14-12-16(21-2)10-11-17(14)22-3/h10-12,15H,4-9,13H2,1-3H3. The number of nitrogens with zero attached hydrogens (tertiary/aromatic N) is 1. The van der Waals surface area contributed by atoms with Crippen LogP contribution in [-0.2, 0) is 11.2 Å². The topological polar surface area (TPSA) is 38.8 Å². The van der Waals surface area contributed by atoms with Crippen LogP contribution >= 0.6 is 0 Å². The number of carbonyl (C=O) groups excluding carboxylic acids is 1. The molecule has 1 saturated carbocycles. The Kier molecular flexibility index (Phi) is 6.10. The molecule has 4 nitrogen and oxygen atoms in total. The van der Waals surface area contributed by atoms with Gasteiger partial charge >= 0.3 is 0 Å². The van der Waals surface area contributed by atoms with Gasteiger partial charge < -0.3 is 14.4 Å². The molecule has 1 fully saturated rings. The molecular weight excluding hydrogens is 278 g/mol. The minimum Gasteiger partial charge on any atom is -0.497 e. The van der Waals surface area contributed by atoms with Gasteiger partial charge in [-0.25, -0.2) is 0 Å². The number of hydrogen-bond acceptors (Lipinski definition) is 3. The third-order valence-electron chi connectivity index (χ3n) is 4.51. The summed E-state index contributed by atoms with van der Waals surface area (Å²) in [6, 6.07) is 6.01. The molecule has 0 bridgehead atoms. The Bertz CT molecular complexity index is 495. The van der Waals surface area contributed by atoms with E-state index in [4.69, 9.17) is 9.47 Å². The van der Waals surface area contributed by atoms with Crippen molar-refractivity contribution in [3.05, 3.63) is 23.8 Å². The molecule has 1 aromatic carbocycles. The number of likely N-dealkylation sites (N-methyl/N-ethyl adjacent to an activating group) is 1. The van der Waals surface area contributed by atoms with Crippen LogP contribution in [0, 0.1) is 0 Å². The molecule has 0 heterocycles. The lowest BCUT2D eigenvalue weighted by Gasteiger charge is -2.33. The molecular formula is C18H27NO3. The van der Waals surface area contributed by atoms with Gasteiger partial charge in [-0.3, -0.25) is 4.79 Å². The molecule has 0 unspecified atom stereocenters. The van der Waals surface area contributed by atoms with Crippen LogP contribution in [-0.4, -0.2) is 37.6 Å². The molecule has 0 aromatic heterocycles. The van der Waals surface area contributed by atoms with Crippen LogP contribution in [0.2, 0.25) is 0 Å². The molecule has 1 aromatic rings. The molecule has 1 amide bonds. The van der Waals surface area contributed by atoms with E-state index >= 15 is 0 Å². The minimum atomic E-state index is 0.181. The highest BCUT2D eigenvalue weighted by Crippen LogP contribution is 2.27. The van der Waals surface area contributed by atoms with Crippen molar-refractivity contribution < 1.29 is 14.3 Å². The molecule has 0 saturated heterocycles. The monoisotopic (exact) mass is 305 g/mol. The van der Waals surface area contributed by atoms with E-state index in [0.717, 1.165) is 36.4 Å². The lowest BCUT2D eigenvalue weighted by molar-refractivity contribution is -0.133. The number of ether oxygens (including phenoxy) is 2. The molecule has 1 aliphatic carbocycles. The van der Waals surface area contributed by atoms with Crippen LogP contribution in [0.4, 0.5) is 0 Å². The van der Waals surface area contributed by atoms with E-state index in [1.165, 1.54) is 19.3 Å². The summed E-state index contributed by atoms with van der Waals surface area (Å²) >= 11 is 0. The van der Waals surface area contributed by atoms with Crippen LogP contribution in [0.1, 0.15) is 44.6 Å². The summed E-state index contributed by atoms with van der Waals surface area (Å²) in [7, 11) is 3.27. The van der Waals surface area contributed by atoms with Crippen molar-refractivity contribution in [3.63, 3.8) is 0 Å². The number of methoxy groups -OCH3 is 2. The van der Waals surface area contributed by atoms with Crippen molar-refractivity contribution in [2.45, 2.75) is 51.5 Å². The lowest BCUT2D eigenvalue weighted by atomic mass is 9.93. The molecule has 2 rings (SSSR count). The Balaban J connectivity index is 2.12. The van der Waals surface area contributed by atoms with Gasteiger partial charge in [0.2, 0.25) is 5.91 Å². The first-order valence-electron chi connectivity index (χ1n) is 8.20. The van der Waals surface area contributed by atoms with Crippen LogP contribution in [0.5, 0.6) is 11.5 Å². The van der Waals surface area contributed by atoms with E-state index in [9.17, 15) is 4.79 Å². The number of hydrogen-bond donors (Lipinski definition) is 0. The van der Waals surface area contributed by atoms with Gasteiger partial charge in [0.1, 0.15) is 11.5 Å². The van der Waals surface area contributed by atoms with E-state index in [-0.39, 0.29) is 5.91 Å². The largest absolute Gasteiger partial charge is 0.497 e. The second-order valence-corrected chi connectivity index (χ2v) is 5.83. The normalized spacial score (nSPS) is 15.4. The van der Waals surface area contributed by atoms with E-state index < -0.39 is 0 Å². The zero-order chi connectivity index (χ0) is 15.9. The summed E-state index contributed by atoms with van der Waals surface area (Å²) in [6.07, 6.45) is 6.40. The van der Waals surface area contributed by atoms with Crippen molar-refractivity contribution in [2.75, 3.05) is 20.8 Å². The van der Waals surface area contributed by atoms with Crippen LogP contribution in [0.15, 0.2) is 18.2 Å². The van der Waals surface area contributed by atoms with Crippen molar-refractivity contribution in [2.24, 2.45) is 0 Å². The van der Waals surface area contributed by atoms with Gasteiger partial charge in [0.05, 0.1) is 20.6 Å². The smallest absolute Gasteiger partial charge is 0.227 e. The quantitative estimate of drug-likeness (QED) is 0.808. The Morgan fingerprint density at radius 2 is 1.91 bits per heavy atom. The highest BCUT2D eigenvalue weighted by molar-refractivity contribution is 5.80. The average Bonchev–Trinajstić information content (AvgIpc) is 2.56. The van der Waals surface area contributed by atoms with Crippen molar-refractivity contribution in [1.29, 1.82) is 0 Å². The number of rotatable bonds is 6. The maximum absolute atomic E-state index is 12.7. The zero-order valence-electron chi connectivity index (χ0n) is 13.9. The summed E-state index contributed by atoms with van der Waals surface area (Å²) in [6.45, 7) is 2.84. The van der Waals surface area contributed by atoms with Gasteiger partial charge in [-0.2, -0.15) is 0 Å². The lowest BCUT2D eigenvalue weighted by Crippen LogP contribution is -2.42. The van der Waals surface area contributed by atoms with Gasteiger partial charge in [0.15, 0.2) is 0 Å². The van der Waals surface area contributed by atoms with Gasteiger partial charge in [0.25, 0.3) is 0 Å². The second kappa shape index (κ2) is 8.06. The molecule has 4 heteroatoms. The highest BCUT2D eigenvalue weighted by Gasteiger charge is 2.24. The minimum absolute atomic E-state index is 0.181. The third kappa shape index (κ3) is 3.93. The van der Waals surface area contributed by atoms with Gasteiger partial charge in [-0.15, -0.1) is 0 Å². The van der Waals surface area contributed by atoms with Gasteiger partial charge in [0, 0.05) is 18.2 Å². The summed E-state index contributed by atoms with van der Waals surface area (Å²) in [5, 5.41) is 0. The number of benzene rings is 1. The molecule has 0 aliphatic heterocycles. The summed E-state index contributed by atoms with van der Waals surface area (Å²) in [5.41, 5.74) is 0.890. The van der Waals surface area contributed by atoms with Gasteiger partial charge in [-0.05, 0) is 38.0 Å². The van der Waals surface area contributed by atoms with Crippen molar-refractivity contribution >= 4 is 5.91 Å². The maximum atomic E-state index is 12.7. The molecule has 0 spiro atoms. The predicted molar refractivity (Wildman–Crippen MR) is 87.5 cm³/mol. The fourth-order valence-corrected chi connectivity index (χ4v) is 3.32. The van der Waals surface area contributed by atoms with E-state index in [1.54, 1.807) is 14.2 Å². The Morgan fingerprint density at radius 1 is 1.18 bits per heavy atom. The molecule has 22 heavy (non-hydrogen) atoms. The Labute approximate surface area is 133 Å². The van der Waals surface area contributed by atoms with Crippen LogP contribution in [0.25, 0.3) is 0 Å². The molecule has 0 radical (unpaired) electrons. The average molecular weight is 305 g/mol. The molecule has 0 atom stereocenters. The molecule has 0 N–H and O–H groups in total. The van der Waals surface area contributed by atoms with Crippen LogP contribution in [0.3, 0.4) is 0 Å². The zero-order valence-corrected chi connectivity index (χ0v) is 13.9. The number of amides is 1. The summed E-state index contributed by atoms with van der Waals surface area (Å²) in [5.74, 6) is 1.68. The summed E-state index contributed by atoms with van der Waals surface area (Å²) < 4.78 is 10.6. The second-order valence-electron chi connectivity index (χ2n) is 5.83. The molecule has 122 valence electrons. The SMILES string of the molecule is CCN(C(=O)Cc1cc(OC)ccc1OC)C1CCCCC1. The molecule has 1 aliphatic rings. The van der Waals surface area contributed by atoms with Crippen molar-refractivity contribution in [3.8, 4) is 11.5 Å². The van der Waals surface area contributed by atoms with Gasteiger partial charge in [-0.1, -0.05) is 19.3 Å². The van der Waals surface area contributed by atoms with E-state index in [2.05, 4.69) is 6.92 Å². The Morgan fingerprint density at radius 3 is 2.50 bits per heavy atom. The van der Waals surface area contributed by atoms with E-state index in [1.807, 2.05) is 23.1 Å². The highest BCUT2D eigenvalue weighted by atomic mass is 16.5. The summed E-state index contributed by atoms with van der Waals surface area (Å²) in [4.78, 5) is 14.8. The Hall–Kier alpha value is -1.71. The van der Waals surface area contributed by atoms with Crippen molar-refractivity contribution in [1.82, 2.24) is 4.90 Å². The third-order valence-corrected chi connectivity index (χ3v) is 4.51. The van der Waals surface area contributed by atoms with E-state index in [0.29, 0.717) is 12.5 Å². The first-order chi connectivity index (χ1) is 10.7. The fraction of sp³-hybridized carbons (Fsp3) is 0.611. The fourth-order valence-electron chi connectivity index (χ4n) is 3.32. The maximum Gasteiger partial charge on any atom is 0.227 e. The first kappa shape index (κ1) is 16.7.